The van der Waals surface area contributed by atoms with E-state index in [9.17, 15) is 4.79 Å². The topological polar surface area (TPSA) is 46.3 Å². The van der Waals surface area contributed by atoms with Crippen molar-refractivity contribution < 1.29 is 4.79 Å². The lowest BCUT2D eigenvalue weighted by molar-refractivity contribution is 0.0723. The maximum absolute atomic E-state index is 12.5. The summed E-state index contributed by atoms with van der Waals surface area (Å²) in [5.74, 6) is 5.94. The third kappa shape index (κ3) is 3.36. The first-order chi connectivity index (χ1) is 9.22. The lowest BCUT2D eigenvalue weighted by Gasteiger charge is -2.27. The minimum absolute atomic E-state index is 0.133. The number of amides is 1. The molecule has 0 unspecified atom stereocenters. The monoisotopic (exact) mass is 256 g/mol. The smallest absolute Gasteiger partial charge is 0.254 e. The van der Waals surface area contributed by atoms with Crippen LogP contribution in [-0.4, -0.2) is 30.4 Å². The summed E-state index contributed by atoms with van der Waals surface area (Å²) in [5.41, 5.74) is 8.01. The Bertz CT molecular complexity index is 519. The molecule has 3 heteroatoms. The Morgan fingerprint density at radius 1 is 1.32 bits per heavy atom. The maximum Gasteiger partial charge on any atom is 0.254 e. The highest BCUT2D eigenvalue weighted by Crippen LogP contribution is 2.17. The molecule has 0 radical (unpaired) electrons. The Labute approximate surface area is 114 Å². The van der Waals surface area contributed by atoms with Gasteiger partial charge in [-0.2, -0.15) is 0 Å². The molecule has 1 fully saturated rings. The molecule has 1 aliphatic rings. The second-order valence-corrected chi connectivity index (χ2v) is 4.89. The molecule has 3 nitrogen and oxygen atoms in total. The molecule has 1 aromatic rings. The molecule has 0 bridgehead atoms. The van der Waals surface area contributed by atoms with E-state index in [1.54, 1.807) is 0 Å². The molecule has 0 spiro atoms. The van der Waals surface area contributed by atoms with Crippen LogP contribution in [0.15, 0.2) is 18.2 Å². The zero-order chi connectivity index (χ0) is 13.7. The van der Waals surface area contributed by atoms with Crippen molar-refractivity contribution in [1.82, 2.24) is 4.90 Å². The van der Waals surface area contributed by atoms with E-state index in [1.165, 1.54) is 6.42 Å². The van der Waals surface area contributed by atoms with Crippen LogP contribution in [0.3, 0.4) is 0 Å². The van der Waals surface area contributed by atoms with E-state index >= 15 is 0 Å². The fourth-order valence-electron chi connectivity index (χ4n) is 2.35. The number of likely N-dealkylation sites (tertiary alicyclic amines) is 1. The summed E-state index contributed by atoms with van der Waals surface area (Å²) < 4.78 is 0. The van der Waals surface area contributed by atoms with Gasteiger partial charge in [0.05, 0.1) is 6.54 Å². The molecule has 1 amide bonds. The highest BCUT2D eigenvalue weighted by atomic mass is 16.2. The van der Waals surface area contributed by atoms with Crippen molar-refractivity contribution in [3.05, 3.63) is 34.9 Å². The molecular weight excluding hydrogens is 236 g/mol. The van der Waals surface area contributed by atoms with Gasteiger partial charge < -0.3 is 10.6 Å². The molecule has 0 aromatic heterocycles. The van der Waals surface area contributed by atoms with Crippen molar-refractivity contribution in [1.29, 1.82) is 0 Å². The average molecular weight is 256 g/mol. The number of hydrogen-bond acceptors (Lipinski definition) is 2. The van der Waals surface area contributed by atoms with Crippen molar-refractivity contribution in [3.63, 3.8) is 0 Å². The average Bonchev–Trinajstić information content (AvgIpc) is 2.46. The number of carbonyl (C=O) groups excluding carboxylic acids is 1. The van der Waals surface area contributed by atoms with Crippen molar-refractivity contribution in [3.8, 4) is 11.8 Å². The van der Waals surface area contributed by atoms with Gasteiger partial charge in [0.15, 0.2) is 0 Å². The predicted octanol–water partition coefficient (Wildman–Crippen LogP) is 1.93. The van der Waals surface area contributed by atoms with Gasteiger partial charge in [-0.05, 0) is 43.9 Å². The van der Waals surface area contributed by atoms with E-state index in [2.05, 4.69) is 11.8 Å². The van der Waals surface area contributed by atoms with Gasteiger partial charge in [-0.3, -0.25) is 4.79 Å². The van der Waals surface area contributed by atoms with Gasteiger partial charge in [0.25, 0.3) is 5.91 Å². The fourth-order valence-corrected chi connectivity index (χ4v) is 2.35. The Hall–Kier alpha value is -1.79. The Morgan fingerprint density at radius 3 is 2.74 bits per heavy atom. The zero-order valence-corrected chi connectivity index (χ0v) is 11.4. The summed E-state index contributed by atoms with van der Waals surface area (Å²) in [6.07, 6.45) is 3.44. The molecule has 1 aromatic carbocycles. The van der Waals surface area contributed by atoms with E-state index in [1.807, 2.05) is 30.0 Å². The summed E-state index contributed by atoms with van der Waals surface area (Å²) in [6.45, 7) is 4.05. The summed E-state index contributed by atoms with van der Waals surface area (Å²) >= 11 is 0. The predicted molar refractivity (Wildman–Crippen MR) is 76.9 cm³/mol. The first-order valence-corrected chi connectivity index (χ1v) is 6.81. The summed E-state index contributed by atoms with van der Waals surface area (Å²) in [6, 6.07) is 5.78. The van der Waals surface area contributed by atoms with Crippen molar-refractivity contribution >= 4 is 5.91 Å². The normalized spacial score (nSPS) is 14.7. The van der Waals surface area contributed by atoms with Crippen LogP contribution in [-0.2, 0) is 0 Å². The largest absolute Gasteiger partial charge is 0.339 e. The molecule has 100 valence electrons. The molecule has 0 atom stereocenters. The second-order valence-electron chi connectivity index (χ2n) is 4.89. The van der Waals surface area contributed by atoms with Gasteiger partial charge >= 0.3 is 0 Å². The van der Waals surface area contributed by atoms with Crippen LogP contribution in [0.4, 0.5) is 0 Å². The molecule has 1 aliphatic heterocycles. The summed E-state index contributed by atoms with van der Waals surface area (Å²) in [7, 11) is 0. The van der Waals surface area contributed by atoms with E-state index in [-0.39, 0.29) is 5.91 Å². The molecule has 0 saturated carbocycles. The van der Waals surface area contributed by atoms with E-state index < -0.39 is 0 Å². The first-order valence-electron chi connectivity index (χ1n) is 6.81. The highest BCUT2D eigenvalue weighted by Gasteiger charge is 2.19. The van der Waals surface area contributed by atoms with Gasteiger partial charge in [0.1, 0.15) is 0 Å². The number of aryl methyl sites for hydroxylation is 1. The van der Waals surface area contributed by atoms with Crippen LogP contribution in [0.5, 0.6) is 0 Å². The summed E-state index contributed by atoms with van der Waals surface area (Å²) in [5, 5.41) is 0. The molecule has 1 heterocycles. The fraction of sp³-hybridized carbons (Fsp3) is 0.438. The van der Waals surface area contributed by atoms with Crippen molar-refractivity contribution in [2.24, 2.45) is 5.73 Å². The molecular formula is C16H20N2O. The number of rotatable bonds is 1. The van der Waals surface area contributed by atoms with Crippen molar-refractivity contribution in [2.45, 2.75) is 26.2 Å². The van der Waals surface area contributed by atoms with Gasteiger partial charge in [-0.25, -0.2) is 0 Å². The number of benzene rings is 1. The number of nitrogens with zero attached hydrogens (tertiary/aromatic N) is 1. The van der Waals surface area contributed by atoms with E-state index in [4.69, 9.17) is 5.73 Å². The first kappa shape index (κ1) is 13.6. The SMILES string of the molecule is Cc1ccc(C#CCN)cc1C(=O)N1CCCCC1. The minimum Gasteiger partial charge on any atom is -0.339 e. The number of nitrogens with two attached hydrogens (primary N) is 1. The van der Waals surface area contributed by atoms with Crippen LogP contribution in [0, 0.1) is 18.8 Å². The van der Waals surface area contributed by atoms with Gasteiger partial charge in [0, 0.05) is 24.2 Å². The van der Waals surface area contributed by atoms with Crippen molar-refractivity contribution in [2.75, 3.05) is 19.6 Å². The Kier molecular flexibility index (Phi) is 4.59. The lowest BCUT2D eigenvalue weighted by atomic mass is 10.0. The van der Waals surface area contributed by atoms with Crippen LogP contribution in [0.2, 0.25) is 0 Å². The van der Waals surface area contributed by atoms with Crippen LogP contribution >= 0.6 is 0 Å². The third-order valence-electron chi connectivity index (χ3n) is 3.45. The Balaban J connectivity index is 2.24. The standard InChI is InChI=1S/C16H20N2O/c1-13-7-8-14(6-5-9-17)12-15(13)16(19)18-10-3-2-4-11-18/h7-8,12H,2-4,9-11,17H2,1H3. The maximum atomic E-state index is 12.5. The lowest BCUT2D eigenvalue weighted by Crippen LogP contribution is -2.36. The quantitative estimate of drug-likeness (QED) is 0.780. The van der Waals surface area contributed by atoms with Crippen LogP contribution in [0.25, 0.3) is 0 Å². The number of carbonyl (C=O) groups is 1. The molecule has 2 N–H and O–H groups in total. The van der Waals surface area contributed by atoms with Gasteiger partial charge in [-0.15, -0.1) is 0 Å². The molecule has 1 saturated heterocycles. The minimum atomic E-state index is 0.133. The molecule has 2 rings (SSSR count). The Morgan fingerprint density at radius 2 is 2.05 bits per heavy atom. The van der Waals surface area contributed by atoms with E-state index in [0.717, 1.165) is 42.6 Å². The number of piperidine rings is 1. The van der Waals surface area contributed by atoms with Crippen LogP contribution in [0.1, 0.15) is 40.7 Å². The van der Waals surface area contributed by atoms with Gasteiger partial charge in [-0.1, -0.05) is 17.9 Å². The molecule has 0 aliphatic carbocycles. The third-order valence-corrected chi connectivity index (χ3v) is 3.45. The van der Waals surface area contributed by atoms with Crippen LogP contribution < -0.4 is 5.73 Å². The zero-order valence-electron chi connectivity index (χ0n) is 11.4. The second kappa shape index (κ2) is 6.40. The van der Waals surface area contributed by atoms with Gasteiger partial charge in [0.2, 0.25) is 0 Å². The molecule has 19 heavy (non-hydrogen) atoms. The highest BCUT2D eigenvalue weighted by molar-refractivity contribution is 5.96. The number of hydrogen-bond donors (Lipinski definition) is 1. The van der Waals surface area contributed by atoms with E-state index in [0.29, 0.717) is 6.54 Å². The summed E-state index contributed by atoms with van der Waals surface area (Å²) in [4.78, 5) is 14.4.